The maximum atomic E-state index is 13.9. The predicted octanol–water partition coefficient (Wildman–Crippen LogP) is 3.81. The van der Waals surface area contributed by atoms with Crippen molar-refractivity contribution in [3.63, 3.8) is 0 Å². The number of phenolic OH excluding ortho intramolecular Hbond substituents is 1. The average Bonchev–Trinajstić information content (AvgIpc) is 3.48. The molecule has 0 spiro atoms. The number of carbonyl (C=O) groups is 2. The molecule has 2 aliphatic rings. The van der Waals surface area contributed by atoms with Crippen LogP contribution in [-0.4, -0.2) is 51.2 Å². The van der Waals surface area contributed by atoms with Crippen molar-refractivity contribution in [2.24, 2.45) is 5.92 Å². The van der Waals surface area contributed by atoms with E-state index >= 15 is 0 Å². The first-order valence-electron chi connectivity index (χ1n) is 11.5. The number of aromatic nitrogens is 2. The Kier molecular flexibility index (Phi) is 5.98. The zero-order chi connectivity index (χ0) is 24.5. The van der Waals surface area contributed by atoms with Crippen LogP contribution in [0.15, 0.2) is 54.7 Å². The number of carbonyl (C=O) groups excluding carboxylic acids is 2. The molecule has 1 aromatic heterocycles. The summed E-state index contributed by atoms with van der Waals surface area (Å²) in [5, 5.41) is 11.0. The number of benzene rings is 2. The van der Waals surface area contributed by atoms with E-state index in [0.29, 0.717) is 24.7 Å². The molecule has 3 heterocycles. The van der Waals surface area contributed by atoms with Crippen LogP contribution in [0.25, 0.3) is 11.0 Å². The summed E-state index contributed by atoms with van der Waals surface area (Å²) in [4.78, 5) is 37.2. The topological polar surface area (TPSA) is 111 Å². The molecule has 1 atom stereocenters. The third-order valence-corrected chi connectivity index (χ3v) is 6.06. The molecule has 0 aliphatic carbocycles. The van der Waals surface area contributed by atoms with Gasteiger partial charge in [-0.25, -0.2) is 9.97 Å². The number of ether oxygens (including phenoxy) is 3. The minimum atomic E-state index is -0.778. The van der Waals surface area contributed by atoms with E-state index in [1.807, 2.05) is 30.3 Å². The van der Waals surface area contributed by atoms with Crippen molar-refractivity contribution in [1.29, 1.82) is 0 Å². The summed E-state index contributed by atoms with van der Waals surface area (Å²) < 4.78 is 16.9. The van der Waals surface area contributed by atoms with Gasteiger partial charge in [0.15, 0.2) is 17.3 Å². The molecule has 180 valence electrons. The number of phenols is 1. The van der Waals surface area contributed by atoms with Crippen LogP contribution < -0.4 is 4.74 Å². The van der Waals surface area contributed by atoms with E-state index < -0.39 is 23.6 Å². The molecule has 0 saturated carbocycles. The van der Waals surface area contributed by atoms with Crippen LogP contribution in [0.4, 0.5) is 0 Å². The first kappa shape index (κ1) is 22.6. The molecule has 5 rings (SSSR count). The zero-order valence-corrected chi connectivity index (χ0v) is 19.4. The first-order valence-corrected chi connectivity index (χ1v) is 11.5. The molecule has 9 nitrogen and oxygen atoms in total. The fourth-order valence-electron chi connectivity index (χ4n) is 4.30. The van der Waals surface area contributed by atoms with E-state index in [-0.39, 0.29) is 34.7 Å². The highest BCUT2D eigenvalue weighted by Gasteiger charge is 2.47. The predicted molar refractivity (Wildman–Crippen MR) is 126 cm³/mol. The third-order valence-electron chi connectivity index (χ3n) is 6.06. The number of aromatic hydroxyl groups is 1. The Labute approximate surface area is 202 Å². The number of nitrogens with zero attached hydrogens (tertiary/aromatic N) is 3. The number of amides is 2. The summed E-state index contributed by atoms with van der Waals surface area (Å²) in [5.74, 6) is -0.764. The van der Waals surface area contributed by atoms with Gasteiger partial charge in [-0.3, -0.25) is 14.5 Å². The molecular weight excluding hydrogens is 450 g/mol. The molecular formula is C26H25N3O6. The van der Waals surface area contributed by atoms with E-state index in [1.54, 1.807) is 0 Å². The van der Waals surface area contributed by atoms with Gasteiger partial charge in [-0.2, -0.15) is 0 Å². The van der Waals surface area contributed by atoms with E-state index in [0.717, 1.165) is 16.9 Å². The summed E-state index contributed by atoms with van der Waals surface area (Å²) in [6, 6.07) is 8.68. The molecule has 9 heteroatoms. The van der Waals surface area contributed by atoms with E-state index in [2.05, 4.69) is 23.8 Å². The number of rotatable bonds is 8. The lowest BCUT2D eigenvalue weighted by Crippen LogP contribution is -2.42. The molecule has 2 amide bonds. The van der Waals surface area contributed by atoms with Crippen molar-refractivity contribution >= 4 is 22.8 Å². The average molecular weight is 476 g/mol. The molecule has 0 saturated heterocycles. The molecule has 2 aromatic carbocycles. The maximum absolute atomic E-state index is 13.9. The standard InChI is InChI=1S/C26H25N3O6/c1-15(2)8-11-34-24-20-19(23(30)21-22(24)28-10-9-27-21)25(31)29(26(20)32)17(18-13-33-14-35-18)12-16-6-4-3-5-7-16/h3-7,9-10,13,15,17,30H,8,11-12,14H2,1-2H3. The normalized spacial score (nSPS) is 15.7. The van der Waals surface area contributed by atoms with Crippen molar-refractivity contribution in [3.8, 4) is 11.5 Å². The minimum absolute atomic E-state index is 0.00364. The molecule has 0 bridgehead atoms. The van der Waals surface area contributed by atoms with Crippen molar-refractivity contribution < 1.29 is 28.9 Å². The highest BCUT2D eigenvalue weighted by molar-refractivity contribution is 6.26. The van der Waals surface area contributed by atoms with Crippen molar-refractivity contribution in [3.05, 3.63) is 71.4 Å². The maximum Gasteiger partial charge on any atom is 0.266 e. The molecule has 3 aromatic rings. The largest absolute Gasteiger partial charge is 0.505 e. The lowest BCUT2D eigenvalue weighted by Gasteiger charge is -2.26. The number of fused-ring (bicyclic) bond motifs is 2. The van der Waals surface area contributed by atoms with E-state index in [9.17, 15) is 14.7 Å². The van der Waals surface area contributed by atoms with Gasteiger partial charge in [-0.1, -0.05) is 44.2 Å². The Morgan fingerprint density at radius 2 is 1.77 bits per heavy atom. The second-order valence-electron chi connectivity index (χ2n) is 8.85. The summed E-state index contributed by atoms with van der Waals surface area (Å²) in [6.07, 6.45) is 5.32. The molecule has 1 unspecified atom stereocenters. The highest BCUT2D eigenvalue weighted by Crippen LogP contribution is 2.44. The number of hydrogen-bond acceptors (Lipinski definition) is 8. The van der Waals surface area contributed by atoms with Crippen LogP contribution in [0.1, 0.15) is 46.5 Å². The Morgan fingerprint density at radius 3 is 2.46 bits per heavy atom. The third kappa shape index (κ3) is 4.03. The van der Waals surface area contributed by atoms with E-state index in [4.69, 9.17) is 14.2 Å². The molecule has 0 fully saturated rings. The van der Waals surface area contributed by atoms with Gasteiger partial charge in [-0.05, 0) is 17.9 Å². The van der Waals surface area contributed by atoms with Crippen LogP contribution in [0.2, 0.25) is 0 Å². The smallest absolute Gasteiger partial charge is 0.266 e. The lowest BCUT2D eigenvalue weighted by molar-refractivity contribution is 0.0450. The second kappa shape index (κ2) is 9.25. The van der Waals surface area contributed by atoms with Gasteiger partial charge in [0.05, 0.1) is 6.61 Å². The molecule has 2 aliphatic heterocycles. The Bertz CT molecular complexity index is 1320. The monoisotopic (exact) mass is 475 g/mol. The minimum Gasteiger partial charge on any atom is -0.505 e. The highest BCUT2D eigenvalue weighted by atomic mass is 16.7. The molecule has 0 radical (unpaired) electrons. The molecule has 35 heavy (non-hydrogen) atoms. The van der Waals surface area contributed by atoms with Gasteiger partial charge < -0.3 is 19.3 Å². The summed E-state index contributed by atoms with van der Waals surface area (Å²) in [6.45, 7) is 4.43. The summed E-state index contributed by atoms with van der Waals surface area (Å²) >= 11 is 0. The van der Waals surface area contributed by atoms with Gasteiger partial charge in [-0.15, -0.1) is 0 Å². The van der Waals surface area contributed by atoms with Gasteiger partial charge in [0.25, 0.3) is 11.8 Å². The number of hydrogen-bond donors (Lipinski definition) is 1. The Morgan fingerprint density at radius 1 is 1.06 bits per heavy atom. The van der Waals surface area contributed by atoms with Gasteiger partial charge in [0, 0.05) is 18.8 Å². The van der Waals surface area contributed by atoms with Gasteiger partial charge >= 0.3 is 0 Å². The van der Waals surface area contributed by atoms with Crippen molar-refractivity contribution in [2.45, 2.75) is 32.7 Å². The zero-order valence-electron chi connectivity index (χ0n) is 19.4. The van der Waals surface area contributed by atoms with Crippen LogP contribution in [0.3, 0.4) is 0 Å². The second-order valence-corrected chi connectivity index (χ2v) is 8.85. The first-order chi connectivity index (χ1) is 17.0. The van der Waals surface area contributed by atoms with Crippen molar-refractivity contribution in [1.82, 2.24) is 14.9 Å². The van der Waals surface area contributed by atoms with Crippen LogP contribution >= 0.6 is 0 Å². The number of imide groups is 1. The van der Waals surface area contributed by atoms with Gasteiger partial charge in [0.2, 0.25) is 6.79 Å². The fraction of sp³-hybridized carbons (Fsp3) is 0.308. The summed E-state index contributed by atoms with van der Waals surface area (Å²) in [5.41, 5.74) is 1.08. The summed E-state index contributed by atoms with van der Waals surface area (Å²) in [7, 11) is 0. The lowest BCUT2D eigenvalue weighted by atomic mass is 10.0. The Balaban J connectivity index is 1.62. The van der Waals surface area contributed by atoms with Crippen molar-refractivity contribution in [2.75, 3.05) is 13.4 Å². The van der Waals surface area contributed by atoms with Crippen LogP contribution in [-0.2, 0) is 15.9 Å². The Hall–Kier alpha value is -4.14. The van der Waals surface area contributed by atoms with E-state index in [1.165, 1.54) is 18.7 Å². The fourth-order valence-corrected chi connectivity index (χ4v) is 4.30. The SMILES string of the molecule is CC(C)CCOc1c2c(c(O)c3nccnc13)C(=O)N(C(Cc1ccccc1)C1=COCO1)C2=O. The van der Waals surface area contributed by atoms with Crippen LogP contribution in [0.5, 0.6) is 11.5 Å². The molecule has 1 N–H and O–H groups in total. The van der Waals surface area contributed by atoms with Gasteiger partial charge in [0.1, 0.15) is 34.5 Å². The quantitative estimate of drug-likeness (QED) is 0.490. The van der Waals surface area contributed by atoms with Crippen LogP contribution in [0, 0.1) is 5.92 Å².